The number of fused-ring (bicyclic) bond motifs is 5. The zero-order valence-electron chi connectivity index (χ0n) is 24.9. The molecule has 7 nitrogen and oxygen atoms in total. The number of aliphatic carboxylic acids is 2. The van der Waals surface area contributed by atoms with E-state index in [1.807, 2.05) is 0 Å². The molecule has 0 amide bonds. The molecule has 0 spiro atoms. The fourth-order valence-electron chi connectivity index (χ4n) is 9.22. The lowest BCUT2D eigenvalue weighted by atomic mass is 9.44. The number of hydrogen-bond acceptors (Lipinski definition) is 5. The van der Waals surface area contributed by atoms with Gasteiger partial charge in [-0.25, -0.2) is 0 Å². The van der Waals surface area contributed by atoms with Crippen molar-refractivity contribution in [3.8, 4) is 0 Å². The number of carbonyl (C=O) groups is 2. The lowest BCUT2D eigenvalue weighted by Gasteiger charge is -2.62. The van der Waals surface area contributed by atoms with E-state index in [1.165, 1.54) is 25.7 Å². The lowest BCUT2D eigenvalue weighted by molar-refractivity contribution is -0.172. The van der Waals surface area contributed by atoms with E-state index >= 15 is 0 Å². The van der Waals surface area contributed by atoms with E-state index in [1.54, 1.807) is 0 Å². The van der Waals surface area contributed by atoms with Crippen LogP contribution < -0.4 is 0 Å². The van der Waals surface area contributed by atoms with Gasteiger partial charge < -0.3 is 25.5 Å². The number of aliphatic hydroxyl groups is 3. The van der Waals surface area contributed by atoms with Crippen molar-refractivity contribution < 1.29 is 35.1 Å². The molecule has 0 saturated heterocycles. The van der Waals surface area contributed by atoms with Crippen LogP contribution in [0.4, 0.5) is 0 Å². The van der Waals surface area contributed by atoms with Crippen molar-refractivity contribution in [1.29, 1.82) is 0 Å². The molecule has 1 unspecified atom stereocenters. The second-order valence-corrected chi connectivity index (χ2v) is 13.9. The second-order valence-electron chi connectivity index (χ2n) is 13.9. The molecular formula is C31H56O7. The predicted octanol–water partition coefficient (Wildman–Crippen LogP) is 5.59. The first-order valence-corrected chi connectivity index (χ1v) is 15.0. The quantitative estimate of drug-likeness (QED) is 0.307. The van der Waals surface area contributed by atoms with Gasteiger partial charge in [-0.1, -0.05) is 34.6 Å². The van der Waals surface area contributed by atoms with E-state index in [9.17, 15) is 15.3 Å². The molecule has 38 heavy (non-hydrogen) atoms. The van der Waals surface area contributed by atoms with E-state index in [-0.39, 0.29) is 23.7 Å². The maximum atomic E-state index is 11.2. The Kier molecular flexibility index (Phi) is 11.7. The molecule has 222 valence electrons. The Bertz CT molecular complexity index is 764. The summed E-state index contributed by atoms with van der Waals surface area (Å²) in [7, 11) is 0. The molecule has 4 fully saturated rings. The molecular weight excluding hydrogens is 484 g/mol. The van der Waals surface area contributed by atoms with Gasteiger partial charge in [-0.15, -0.1) is 0 Å². The zero-order chi connectivity index (χ0) is 29.0. The third-order valence-electron chi connectivity index (χ3n) is 11.1. The van der Waals surface area contributed by atoms with Gasteiger partial charge in [0.15, 0.2) is 0 Å². The Labute approximate surface area is 230 Å². The summed E-state index contributed by atoms with van der Waals surface area (Å²) in [5.74, 6) is 2.55. The van der Waals surface area contributed by atoms with Gasteiger partial charge in [-0.3, -0.25) is 9.59 Å². The van der Waals surface area contributed by atoms with Gasteiger partial charge in [0.25, 0.3) is 11.9 Å². The highest BCUT2D eigenvalue weighted by Crippen LogP contribution is 2.68. The monoisotopic (exact) mass is 540 g/mol. The standard InChI is InChI=1S/C27H48O3.2C2H4O2/c1-16(2)24(29)9-6-17(3)20-7-8-21-19-15-25(30)23-14-18(28)10-12-27(23,5)22(19)11-13-26(20,21)4;2*1-2(3)4/h16-25,28-30H,6-15H2,1-5H3;2*1H3,(H,3,4)/t17-,18-,19+,20-,21+,22+,23+,24?,25+,26-,27-;;/m1../s1. The van der Waals surface area contributed by atoms with Crippen LogP contribution in [-0.2, 0) is 9.59 Å². The molecule has 11 atom stereocenters. The van der Waals surface area contributed by atoms with Crippen LogP contribution >= 0.6 is 0 Å². The van der Waals surface area contributed by atoms with E-state index in [0.29, 0.717) is 29.1 Å². The van der Waals surface area contributed by atoms with Crippen LogP contribution in [0, 0.1) is 52.3 Å². The molecule has 4 aliphatic carbocycles. The third kappa shape index (κ3) is 7.51. The van der Waals surface area contributed by atoms with Crippen molar-refractivity contribution >= 4 is 11.9 Å². The molecule has 0 aromatic rings. The van der Waals surface area contributed by atoms with Crippen LogP contribution in [0.3, 0.4) is 0 Å². The summed E-state index contributed by atoms with van der Waals surface area (Å²) >= 11 is 0. The van der Waals surface area contributed by atoms with E-state index < -0.39 is 11.9 Å². The van der Waals surface area contributed by atoms with Crippen molar-refractivity contribution in [1.82, 2.24) is 0 Å². The number of carboxylic acid groups (broad SMARTS) is 2. The summed E-state index contributed by atoms with van der Waals surface area (Å²) in [4.78, 5) is 18.0. The van der Waals surface area contributed by atoms with E-state index in [2.05, 4.69) is 34.6 Å². The Balaban J connectivity index is 0.000000559. The maximum Gasteiger partial charge on any atom is 0.300 e. The van der Waals surface area contributed by atoms with Gasteiger partial charge in [0.05, 0.1) is 18.3 Å². The van der Waals surface area contributed by atoms with Crippen LogP contribution in [0.1, 0.15) is 113 Å². The predicted molar refractivity (Wildman–Crippen MR) is 148 cm³/mol. The molecule has 7 heteroatoms. The molecule has 0 bridgehead atoms. The lowest BCUT2D eigenvalue weighted by Crippen LogP contribution is -2.58. The highest BCUT2D eigenvalue weighted by atomic mass is 16.4. The molecule has 0 aromatic heterocycles. The smallest absolute Gasteiger partial charge is 0.300 e. The second kappa shape index (κ2) is 13.5. The van der Waals surface area contributed by atoms with Gasteiger partial charge in [0.1, 0.15) is 0 Å². The molecule has 0 radical (unpaired) electrons. The SMILES string of the molecule is CC(=O)O.CC(=O)O.CC(C)C(O)CC[C@@H](C)[C@H]1CC[C@H]2[C@@H]3C[C@H](O)[C@@H]4C[C@H](O)CC[C@]4(C)[C@H]3CC[C@]12C. The van der Waals surface area contributed by atoms with Crippen LogP contribution in [-0.4, -0.2) is 55.8 Å². The summed E-state index contributed by atoms with van der Waals surface area (Å²) in [5.41, 5.74) is 0.619. The van der Waals surface area contributed by atoms with Crippen molar-refractivity contribution in [2.24, 2.45) is 52.3 Å². The van der Waals surface area contributed by atoms with Crippen LogP contribution in [0.2, 0.25) is 0 Å². The van der Waals surface area contributed by atoms with E-state index in [4.69, 9.17) is 19.8 Å². The highest BCUT2D eigenvalue weighted by molar-refractivity contribution is 5.63. The average molecular weight is 541 g/mol. The number of aliphatic hydroxyl groups excluding tert-OH is 3. The Hall–Kier alpha value is -1.18. The summed E-state index contributed by atoms with van der Waals surface area (Å²) in [6, 6.07) is 0. The molecule has 4 aliphatic rings. The zero-order valence-corrected chi connectivity index (χ0v) is 24.9. The molecule has 0 heterocycles. The van der Waals surface area contributed by atoms with E-state index in [0.717, 1.165) is 70.1 Å². The van der Waals surface area contributed by atoms with Crippen molar-refractivity contribution in [3.05, 3.63) is 0 Å². The number of hydrogen-bond donors (Lipinski definition) is 5. The van der Waals surface area contributed by atoms with Crippen LogP contribution in [0.5, 0.6) is 0 Å². The van der Waals surface area contributed by atoms with Gasteiger partial charge in [0, 0.05) is 13.8 Å². The summed E-state index contributed by atoms with van der Waals surface area (Å²) < 4.78 is 0. The van der Waals surface area contributed by atoms with Gasteiger partial charge in [0.2, 0.25) is 0 Å². The number of rotatable bonds is 5. The fraction of sp³-hybridized carbons (Fsp3) is 0.935. The Morgan fingerprint density at radius 2 is 1.32 bits per heavy atom. The molecule has 4 saturated carbocycles. The largest absolute Gasteiger partial charge is 0.481 e. The summed E-state index contributed by atoms with van der Waals surface area (Å²) in [5, 5.41) is 46.6. The summed E-state index contributed by atoms with van der Waals surface area (Å²) in [6.45, 7) is 13.9. The Morgan fingerprint density at radius 1 is 0.789 bits per heavy atom. The van der Waals surface area contributed by atoms with Crippen molar-refractivity contribution in [2.75, 3.05) is 0 Å². The third-order valence-corrected chi connectivity index (χ3v) is 11.1. The van der Waals surface area contributed by atoms with Gasteiger partial charge in [-0.2, -0.15) is 0 Å². The molecule has 0 aromatic carbocycles. The number of carboxylic acids is 2. The minimum Gasteiger partial charge on any atom is -0.481 e. The fourth-order valence-corrected chi connectivity index (χ4v) is 9.22. The molecule has 5 N–H and O–H groups in total. The first-order valence-electron chi connectivity index (χ1n) is 15.0. The summed E-state index contributed by atoms with van der Waals surface area (Å²) in [6.07, 6.45) is 10.6. The average Bonchev–Trinajstić information content (AvgIpc) is 3.15. The highest BCUT2D eigenvalue weighted by Gasteiger charge is 2.62. The van der Waals surface area contributed by atoms with Gasteiger partial charge in [-0.05, 0) is 116 Å². The minimum absolute atomic E-state index is 0.166. The van der Waals surface area contributed by atoms with Crippen LogP contribution in [0.15, 0.2) is 0 Å². The first-order chi connectivity index (χ1) is 17.5. The van der Waals surface area contributed by atoms with Crippen LogP contribution in [0.25, 0.3) is 0 Å². The first kappa shape index (κ1) is 33.0. The molecule has 4 rings (SSSR count). The topological polar surface area (TPSA) is 135 Å². The maximum absolute atomic E-state index is 11.2. The Morgan fingerprint density at radius 3 is 1.87 bits per heavy atom. The van der Waals surface area contributed by atoms with Crippen molar-refractivity contribution in [3.63, 3.8) is 0 Å². The normalized spacial score (nSPS) is 41.2. The van der Waals surface area contributed by atoms with Gasteiger partial charge >= 0.3 is 0 Å². The van der Waals surface area contributed by atoms with Crippen molar-refractivity contribution in [2.45, 2.75) is 131 Å². The minimum atomic E-state index is -0.833. The molecule has 0 aliphatic heterocycles.